The third kappa shape index (κ3) is 2.96. The second-order valence-electron chi connectivity index (χ2n) is 3.22. The lowest BCUT2D eigenvalue weighted by Crippen LogP contribution is -1.98. The molecular formula is C12H11ClN2. The van der Waals surface area contributed by atoms with Gasteiger partial charge in [-0.05, 0) is 29.8 Å². The Kier molecular flexibility index (Phi) is 3.20. The minimum Gasteiger partial charge on any atom is -0.381 e. The summed E-state index contributed by atoms with van der Waals surface area (Å²) in [5.74, 6) is 0. The molecule has 2 aromatic rings. The number of hydrogen-bond donors (Lipinski definition) is 1. The molecule has 0 aliphatic carbocycles. The fourth-order valence-corrected chi connectivity index (χ4v) is 1.53. The largest absolute Gasteiger partial charge is 0.381 e. The lowest BCUT2D eigenvalue weighted by molar-refractivity contribution is 1.14. The zero-order chi connectivity index (χ0) is 10.5. The highest BCUT2D eigenvalue weighted by atomic mass is 35.5. The summed E-state index contributed by atoms with van der Waals surface area (Å²) < 4.78 is 0. The van der Waals surface area contributed by atoms with Crippen LogP contribution in [0, 0.1) is 0 Å². The van der Waals surface area contributed by atoms with Crippen molar-refractivity contribution < 1.29 is 0 Å². The number of benzene rings is 1. The highest BCUT2D eigenvalue weighted by Crippen LogP contribution is 2.12. The van der Waals surface area contributed by atoms with Crippen molar-refractivity contribution in [2.24, 2.45) is 0 Å². The van der Waals surface area contributed by atoms with E-state index in [1.165, 1.54) is 5.56 Å². The van der Waals surface area contributed by atoms with Gasteiger partial charge in [0.05, 0.1) is 0 Å². The zero-order valence-electron chi connectivity index (χ0n) is 8.15. The van der Waals surface area contributed by atoms with Crippen molar-refractivity contribution in [1.29, 1.82) is 0 Å². The van der Waals surface area contributed by atoms with E-state index in [0.717, 1.165) is 17.3 Å². The number of nitrogens with zero attached hydrogens (tertiary/aromatic N) is 1. The van der Waals surface area contributed by atoms with E-state index in [-0.39, 0.29) is 0 Å². The molecule has 0 aliphatic heterocycles. The molecular weight excluding hydrogens is 208 g/mol. The fraction of sp³-hybridized carbons (Fsp3) is 0.0833. The van der Waals surface area contributed by atoms with Crippen LogP contribution in [-0.4, -0.2) is 4.98 Å². The Balaban J connectivity index is 1.99. The first-order valence-corrected chi connectivity index (χ1v) is 5.11. The normalized spacial score (nSPS) is 9.93. The van der Waals surface area contributed by atoms with Gasteiger partial charge in [-0.1, -0.05) is 23.7 Å². The van der Waals surface area contributed by atoms with Crippen LogP contribution < -0.4 is 5.32 Å². The second kappa shape index (κ2) is 4.80. The number of halogens is 1. The molecule has 0 aliphatic rings. The van der Waals surface area contributed by atoms with E-state index in [1.807, 2.05) is 36.4 Å². The van der Waals surface area contributed by atoms with Crippen LogP contribution in [0.1, 0.15) is 5.56 Å². The first-order chi connectivity index (χ1) is 7.34. The van der Waals surface area contributed by atoms with Crippen LogP contribution in [0.3, 0.4) is 0 Å². The summed E-state index contributed by atoms with van der Waals surface area (Å²) in [7, 11) is 0. The summed E-state index contributed by atoms with van der Waals surface area (Å²) in [6.45, 7) is 0.768. The second-order valence-corrected chi connectivity index (χ2v) is 3.66. The Morgan fingerprint density at radius 3 is 2.67 bits per heavy atom. The number of pyridine rings is 1. The maximum atomic E-state index is 5.89. The molecule has 1 aromatic heterocycles. The zero-order valence-corrected chi connectivity index (χ0v) is 8.91. The van der Waals surface area contributed by atoms with Crippen molar-refractivity contribution in [3.8, 4) is 0 Å². The molecule has 0 radical (unpaired) electrons. The third-order valence-electron chi connectivity index (χ3n) is 2.07. The van der Waals surface area contributed by atoms with Crippen LogP contribution in [0.2, 0.25) is 5.02 Å². The SMILES string of the molecule is Clc1cccc(CNc2ccncc2)c1. The van der Waals surface area contributed by atoms with Gasteiger partial charge in [0.15, 0.2) is 0 Å². The molecule has 0 saturated carbocycles. The molecule has 0 fully saturated rings. The van der Waals surface area contributed by atoms with Crippen LogP contribution >= 0.6 is 11.6 Å². The molecule has 0 spiro atoms. The Morgan fingerprint density at radius 2 is 1.93 bits per heavy atom. The molecule has 0 amide bonds. The van der Waals surface area contributed by atoms with Crippen LogP contribution in [0.15, 0.2) is 48.8 Å². The molecule has 76 valence electrons. The van der Waals surface area contributed by atoms with E-state index in [4.69, 9.17) is 11.6 Å². The van der Waals surface area contributed by atoms with E-state index < -0.39 is 0 Å². The molecule has 1 heterocycles. The van der Waals surface area contributed by atoms with Crippen molar-refractivity contribution >= 4 is 17.3 Å². The lowest BCUT2D eigenvalue weighted by Gasteiger charge is -2.05. The highest BCUT2D eigenvalue weighted by molar-refractivity contribution is 6.30. The van der Waals surface area contributed by atoms with Gasteiger partial charge >= 0.3 is 0 Å². The van der Waals surface area contributed by atoms with Crippen LogP contribution in [0.5, 0.6) is 0 Å². The summed E-state index contributed by atoms with van der Waals surface area (Å²) in [6, 6.07) is 11.7. The first kappa shape index (κ1) is 9.99. The Morgan fingerprint density at radius 1 is 1.13 bits per heavy atom. The summed E-state index contributed by atoms with van der Waals surface area (Å²) >= 11 is 5.89. The summed E-state index contributed by atoms with van der Waals surface area (Å²) in [5, 5.41) is 4.06. The van der Waals surface area contributed by atoms with Gasteiger partial charge in [-0.2, -0.15) is 0 Å². The molecule has 1 N–H and O–H groups in total. The number of rotatable bonds is 3. The summed E-state index contributed by atoms with van der Waals surface area (Å²) in [5.41, 5.74) is 2.23. The smallest absolute Gasteiger partial charge is 0.0409 e. The average molecular weight is 219 g/mol. The predicted octanol–water partition coefficient (Wildman–Crippen LogP) is 3.35. The van der Waals surface area contributed by atoms with Crippen molar-refractivity contribution in [3.63, 3.8) is 0 Å². The van der Waals surface area contributed by atoms with Crippen molar-refractivity contribution in [2.75, 3.05) is 5.32 Å². The molecule has 2 rings (SSSR count). The first-order valence-electron chi connectivity index (χ1n) is 4.73. The monoisotopic (exact) mass is 218 g/mol. The Bertz CT molecular complexity index is 429. The minimum absolute atomic E-state index is 0.768. The Labute approximate surface area is 93.9 Å². The van der Waals surface area contributed by atoms with E-state index in [9.17, 15) is 0 Å². The van der Waals surface area contributed by atoms with Gasteiger partial charge in [0.25, 0.3) is 0 Å². The lowest BCUT2D eigenvalue weighted by atomic mass is 10.2. The van der Waals surface area contributed by atoms with E-state index in [0.29, 0.717) is 0 Å². The standard InChI is InChI=1S/C12H11ClN2/c13-11-3-1-2-10(8-11)9-15-12-4-6-14-7-5-12/h1-8H,9H2,(H,14,15). The number of hydrogen-bond acceptors (Lipinski definition) is 2. The number of aromatic nitrogens is 1. The summed E-state index contributed by atoms with van der Waals surface area (Å²) in [6.07, 6.45) is 3.53. The maximum Gasteiger partial charge on any atom is 0.0409 e. The van der Waals surface area contributed by atoms with Crippen molar-refractivity contribution in [3.05, 3.63) is 59.4 Å². The molecule has 2 nitrogen and oxygen atoms in total. The third-order valence-corrected chi connectivity index (χ3v) is 2.30. The van der Waals surface area contributed by atoms with E-state index in [2.05, 4.69) is 10.3 Å². The van der Waals surface area contributed by atoms with E-state index in [1.54, 1.807) is 12.4 Å². The average Bonchev–Trinajstić information content (AvgIpc) is 2.28. The van der Waals surface area contributed by atoms with Gasteiger partial charge < -0.3 is 5.32 Å². The highest BCUT2D eigenvalue weighted by Gasteiger charge is 1.94. The topological polar surface area (TPSA) is 24.9 Å². The Hall–Kier alpha value is -1.54. The van der Waals surface area contributed by atoms with Gasteiger partial charge in [0.2, 0.25) is 0 Å². The molecule has 1 aromatic carbocycles. The van der Waals surface area contributed by atoms with Gasteiger partial charge in [-0.15, -0.1) is 0 Å². The molecule has 3 heteroatoms. The predicted molar refractivity (Wildman–Crippen MR) is 63.0 cm³/mol. The molecule has 15 heavy (non-hydrogen) atoms. The molecule has 0 unspecified atom stereocenters. The molecule has 0 bridgehead atoms. The molecule has 0 atom stereocenters. The van der Waals surface area contributed by atoms with Crippen LogP contribution in [0.25, 0.3) is 0 Å². The summed E-state index contributed by atoms with van der Waals surface area (Å²) in [4.78, 5) is 3.95. The van der Waals surface area contributed by atoms with Gasteiger partial charge in [-0.3, -0.25) is 4.98 Å². The quantitative estimate of drug-likeness (QED) is 0.855. The molecule has 0 saturated heterocycles. The van der Waals surface area contributed by atoms with Crippen LogP contribution in [-0.2, 0) is 6.54 Å². The van der Waals surface area contributed by atoms with E-state index >= 15 is 0 Å². The minimum atomic E-state index is 0.768. The van der Waals surface area contributed by atoms with Crippen molar-refractivity contribution in [2.45, 2.75) is 6.54 Å². The van der Waals surface area contributed by atoms with Gasteiger partial charge in [0, 0.05) is 29.6 Å². The maximum absolute atomic E-state index is 5.89. The number of nitrogens with one attached hydrogen (secondary N) is 1. The van der Waals surface area contributed by atoms with Gasteiger partial charge in [0.1, 0.15) is 0 Å². The van der Waals surface area contributed by atoms with Gasteiger partial charge in [-0.25, -0.2) is 0 Å². The fourth-order valence-electron chi connectivity index (χ4n) is 1.32. The van der Waals surface area contributed by atoms with Crippen LogP contribution in [0.4, 0.5) is 5.69 Å². The van der Waals surface area contributed by atoms with Crippen molar-refractivity contribution in [1.82, 2.24) is 4.98 Å². The number of anilines is 1.